The van der Waals surface area contributed by atoms with E-state index in [-0.39, 0.29) is 49.8 Å². The Balaban J connectivity index is 1.35. The lowest BCUT2D eigenvalue weighted by atomic mass is 9.95. The lowest BCUT2D eigenvalue weighted by Crippen LogP contribution is -2.55. The molecule has 3 heterocycles. The number of rotatable bonds is 13. The molecule has 36 heavy (non-hydrogen) atoms. The van der Waals surface area contributed by atoms with Crippen molar-refractivity contribution in [2.45, 2.75) is 31.3 Å². The van der Waals surface area contributed by atoms with Crippen molar-refractivity contribution in [3.63, 3.8) is 0 Å². The van der Waals surface area contributed by atoms with Crippen molar-refractivity contribution >= 4 is 22.4 Å². The van der Waals surface area contributed by atoms with Crippen molar-refractivity contribution in [3.05, 3.63) is 29.1 Å². The highest BCUT2D eigenvalue weighted by atomic mass is 32.1. The number of benzene rings is 1. The normalized spacial score (nSPS) is 19.4. The second-order valence-corrected chi connectivity index (χ2v) is 9.36. The van der Waals surface area contributed by atoms with E-state index in [1.165, 1.54) is 17.4 Å². The van der Waals surface area contributed by atoms with E-state index in [9.17, 15) is 13.6 Å². The van der Waals surface area contributed by atoms with Gasteiger partial charge in [0.1, 0.15) is 0 Å². The monoisotopic (exact) mass is 527 g/mol. The number of anilines is 1. The summed E-state index contributed by atoms with van der Waals surface area (Å²) in [5.74, 6) is -3.07. The van der Waals surface area contributed by atoms with Gasteiger partial charge in [0.15, 0.2) is 23.3 Å². The number of aliphatic hydroxyl groups is 1. The molecule has 1 amide bonds. The van der Waals surface area contributed by atoms with E-state index in [2.05, 4.69) is 10.2 Å². The van der Waals surface area contributed by atoms with Crippen molar-refractivity contribution < 1.29 is 37.6 Å². The lowest BCUT2D eigenvalue weighted by molar-refractivity contribution is -0.123. The van der Waals surface area contributed by atoms with Crippen LogP contribution < -0.4 is 15.0 Å². The van der Waals surface area contributed by atoms with Gasteiger partial charge < -0.3 is 34.3 Å². The maximum Gasteiger partial charge on any atom is 0.258 e. The molecule has 2 aromatic rings. The van der Waals surface area contributed by atoms with Crippen molar-refractivity contribution in [3.8, 4) is 17.0 Å². The highest BCUT2D eigenvalue weighted by Crippen LogP contribution is 2.39. The molecule has 2 unspecified atom stereocenters. The number of hydrogen-bond acceptors (Lipinski definition) is 9. The molecule has 1 aromatic heterocycles. The SMILES string of the molecule is O=C(COc1c(-c2csc(N3C4CCCC3COC4)n2)ccc(F)c1F)NCCOCCOCCO. The number of thiazole rings is 1. The molecular formula is C24H31F2N3O6S. The molecule has 0 aliphatic carbocycles. The van der Waals surface area contributed by atoms with Gasteiger partial charge in [0.05, 0.1) is 64.0 Å². The maximum atomic E-state index is 14.7. The van der Waals surface area contributed by atoms with Crippen LogP contribution in [0.2, 0.25) is 0 Å². The number of carbonyl (C=O) groups is 1. The summed E-state index contributed by atoms with van der Waals surface area (Å²) in [5.41, 5.74) is 0.750. The fourth-order valence-corrected chi connectivity index (χ4v) is 5.33. The van der Waals surface area contributed by atoms with Crippen LogP contribution in [0.3, 0.4) is 0 Å². The van der Waals surface area contributed by atoms with E-state index < -0.39 is 24.1 Å². The number of fused-ring (bicyclic) bond motifs is 2. The third-order valence-electron chi connectivity index (χ3n) is 6.04. The maximum absolute atomic E-state index is 14.7. The molecule has 2 saturated heterocycles. The standard InChI is InChI=1S/C24H31F2N3O6S/c25-19-5-4-18(20-15-36-24(28-20)29-16-2-1-3-17(29)13-34-12-16)23(22(19)26)35-14-21(31)27-6-8-32-10-11-33-9-7-30/h4-5,15-17,30H,1-3,6-14H2,(H,27,31). The molecule has 2 N–H and O–H groups in total. The molecule has 12 heteroatoms. The first-order valence-electron chi connectivity index (χ1n) is 12.0. The van der Waals surface area contributed by atoms with E-state index in [1.807, 2.05) is 0 Å². The summed E-state index contributed by atoms with van der Waals surface area (Å²) in [4.78, 5) is 19.2. The number of nitrogens with zero attached hydrogens (tertiary/aromatic N) is 2. The van der Waals surface area contributed by atoms with Gasteiger partial charge in [-0.25, -0.2) is 9.37 Å². The van der Waals surface area contributed by atoms with Crippen LogP contribution in [-0.4, -0.2) is 87.5 Å². The third kappa shape index (κ3) is 6.68. The minimum Gasteiger partial charge on any atom is -0.480 e. The van der Waals surface area contributed by atoms with Crippen LogP contribution in [0.5, 0.6) is 5.75 Å². The average Bonchev–Trinajstić information content (AvgIpc) is 3.35. The average molecular weight is 528 g/mol. The first-order valence-corrected chi connectivity index (χ1v) is 12.9. The van der Waals surface area contributed by atoms with Gasteiger partial charge in [0.2, 0.25) is 5.82 Å². The summed E-state index contributed by atoms with van der Waals surface area (Å²) in [6, 6.07) is 2.97. The Kier molecular flexibility index (Phi) is 9.82. The fraction of sp³-hybridized carbons (Fsp3) is 0.583. The highest BCUT2D eigenvalue weighted by molar-refractivity contribution is 7.14. The summed E-state index contributed by atoms with van der Waals surface area (Å²) in [6.45, 7) is 2.14. The van der Waals surface area contributed by atoms with Crippen molar-refractivity contribution in [1.29, 1.82) is 0 Å². The van der Waals surface area contributed by atoms with Crippen LogP contribution in [0.4, 0.5) is 13.9 Å². The number of hydrogen-bond donors (Lipinski definition) is 2. The van der Waals surface area contributed by atoms with Gasteiger partial charge in [0.25, 0.3) is 5.91 Å². The summed E-state index contributed by atoms with van der Waals surface area (Å²) in [5, 5.41) is 13.8. The number of ether oxygens (including phenoxy) is 4. The zero-order valence-corrected chi connectivity index (χ0v) is 20.7. The van der Waals surface area contributed by atoms with Crippen LogP contribution in [0.25, 0.3) is 11.3 Å². The van der Waals surface area contributed by atoms with E-state index in [4.69, 9.17) is 29.0 Å². The Bertz CT molecular complexity index is 988. The van der Waals surface area contributed by atoms with Crippen molar-refractivity contribution in [2.24, 2.45) is 0 Å². The van der Waals surface area contributed by atoms with Crippen LogP contribution in [0.1, 0.15) is 19.3 Å². The van der Waals surface area contributed by atoms with Crippen LogP contribution >= 0.6 is 11.3 Å². The van der Waals surface area contributed by atoms with Crippen molar-refractivity contribution in [2.75, 3.05) is 64.3 Å². The Morgan fingerprint density at radius 3 is 2.67 bits per heavy atom. The van der Waals surface area contributed by atoms with Crippen LogP contribution in [0.15, 0.2) is 17.5 Å². The first kappa shape index (κ1) is 26.7. The molecule has 0 saturated carbocycles. The Morgan fingerprint density at radius 2 is 1.92 bits per heavy atom. The molecule has 0 spiro atoms. The molecular weight excluding hydrogens is 496 g/mol. The van der Waals surface area contributed by atoms with E-state index >= 15 is 0 Å². The van der Waals surface area contributed by atoms with Gasteiger partial charge in [-0.3, -0.25) is 4.79 Å². The quantitative estimate of drug-likeness (QED) is 0.383. The Morgan fingerprint density at radius 1 is 1.17 bits per heavy atom. The van der Waals surface area contributed by atoms with Crippen LogP contribution in [0, 0.1) is 11.6 Å². The largest absolute Gasteiger partial charge is 0.480 e. The topological polar surface area (TPSA) is 102 Å². The Labute approximate surface area is 212 Å². The molecule has 2 atom stereocenters. The Hall–Kier alpha value is -2.38. The zero-order valence-electron chi connectivity index (χ0n) is 19.9. The molecule has 1 aromatic carbocycles. The van der Waals surface area contributed by atoms with E-state index in [0.717, 1.165) is 30.5 Å². The third-order valence-corrected chi connectivity index (χ3v) is 6.90. The van der Waals surface area contributed by atoms with E-state index in [0.29, 0.717) is 32.1 Å². The summed E-state index contributed by atoms with van der Waals surface area (Å²) >= 11 is 1.45. The minimum atomic E-state index is -1.16. The molecule has 2 aliphatic rings. The summed E-state index contributed by atoms with van der Waals surface area (Å²) in [7, 11) is 0. The van der Waals surface area contributed by atoms with Gasteiger partial charge in [-0.15, -0.1) is 11.3 Å². The lowest BCUT2D eigenvalue weighted by Gasteiger charge is -2.45. The van der Waals surface area contributed by atoms with Gasteiger partial charge in [-0.05, 0) is 31.4 Å². The highest BCUT2D eigenvalue weighted by Gasteiger charge is 2.36. The van der Waals surface area contributed by atoms with Gasteiger partial charge in [0, 0.05) is 17.5 Å². The summed E-state index contributed by atoms with van der Waals surface area (Å²) in [6.07, 6.45) is 3.22. The number of carbonyl (C=O) groups excluding carboxylic acids is 1. The molecule has 2 fully saturated rings. The van der Waals surface area contributed by atoms with Gasteiger partial charge in [-0.2, -0.15) is 4.39 Å². The first-order chi connectivity index (χ1) is 17.6. The van der Waals surface area contributed by atoms with Crippen molar-refractivity contribution in [1.82, 2.24) is 10.3 Å². The summed E-state index contributed by atoms with van der Waals surface area (Å²) < 4.78 is 50.2. The number of nitrogens with one attached hydrogen (secondary N) is 1. The smallest absolute Gasteiger partial charge is 0.258 e. The molecule has 2 bridgehead atoms. The second kappa shape index (κ2) is 13.2. The molecule has 9 nitrogen and oxygen atoms in total. The number of amides is 1. The number of halogens is 2. The molecule has 0 radical (unpaired) electrons. The van der Waals surface area contributed by atoms with Gasteiger partial charge >= 0.3 is 0 Å². The zero-order chi connectivity index (χ0) is 25.3. The predicted octanol–water partition coefficient (Wildman–Crippen LogP) is 2.37. The van der Waals surface area contributed by atoms with E-state index in [1.54, 1.807) is 5.38 Å². The minimum absolute atomic E-state index is 0.0535. The number of aliphatic hydroxyl groups excluding tert-OH is 1. The number of piperidine rings is 1. The fourth-order valence-electron chi connectivity index (χ4n) is 4.36. The molecule has 4 rings (SSSR count). The van der Waals surface area contributed by atoms with Crippen LogP contribution in [-0.2, 0) is 19.0 Å². The number of aromatic nitrogens is 1. The molecule has 2 aliphatic heterocycles. The predicted molar refractivity (Wildman–Crippen MR) is 129 cm³/mol. The molecule has 198 valence electrons. The second-order valence-electron chi connectivity index (χ2n) is 8.52. The number of morpholine rings is 1. The van der Waals surface area contributed by atoms with Gasteiger partial charge in [-0.1, -0.05) is 0 Å².